The maximum absolute atomic E-state index is 11.7. The van der Waals surface area contributed by atoms with Gasteiger partial charge in [0.1, 0.15) is 13.2 Å². The highest BCUT2D eigenvalue weighted by atomic mass is 16.6. The van der Waals surface area contributed by atoms with E-state index in [4.69, 9.17) is 32.2 Å². The van der Waals surface area contributed by atoms with Crippen molar-refractivity contribution in [3.05, 3.63) is 75.6 Å². The Labute approximate surface area is 219 Å². The summed E-state index contributed by atoms with van der Waals surface area (Å²) in [6, 6.07) is 11.6. The molecule has 0 unspecified atom stereocenters. The predicted molar refractivity (Wildman–Crippen MR) is 136 cm³/mol. The van der Waals surface area contributed by atoms with E-state index >= 15 is 0 Å². The van der Waals surface area contributed by atoms with Crippen molar-refractivity contribution < 1.29 is 29.5 Å². The standard InChI is InChI=1S/C13H15N3O3.C13H12N2O2.H3NO/c14-12(15-18)10-3-1-2-9-8(10)4-5-11(9)16-6-7-19-13(16)17;1-14-11-4-2-3-10-9(11)5-6-12(10)15-7-8-17-13(15)16;1-2/h1-3,11,18H,4-7H2,(H2,14,15);2-4,12H,5-8H2;2H,1H2/t11-;12-;/m00./s1. The first kappa shape index (κ1) is 26.7. The van der Waals surface area contributed by atoms with Crippen LogP contribution in [0.4, 0.5) is 15.3 Å². The highest BCUT2D eigenvalue weighted by molar-refractivity contribution is 5.99. The topological polar surface area (TPSA) is 168 Å². The third-order valence-corrected chi connectivity index (χ3v) is 7.29. The van der Waals surface area contributed by atoms with E-state index in [1.807, 2.05) is 36.4 Å². The number of ether oxygens (including phenoxy) is 2. The number of rotatable bonds is 3. The number of carbonyl (C=O) groups excluding carboxylic acids is 2. The monoisotopic (exact) mass is 522 g/mol. The van der Waals surface area contributed by atoms with Gasteiger partial charge in [0, 0.05) is 5.56 Å². The van der Waals surface area contributed by atoms with Crippen LogP contribution in [0.5, 0.6) is 0 Å². The lowest BCUT2D eigenvalue weighted by Crippen LogP contribution is -2.28. The van der Waals surface area contributed by atoms with Crippen LogP contribution in [0.15, 0.2) is 41.6 Å². The number of carbonyl (C=O) groups is 2. The number of hydrogen-bond acceptors (Lipinski definition) is 8. The molecule has 2 aromatic carbocycles. The minimum absolute atomic E-state index is 0.0384. The Morgan fingerprint density at radius 2 is 1.45 bits per heavy atom. The largest absolute Gasteiger partial charge is 0.448 e. The fourth-order valence-electron chi connectivity index (χ4n) is 5.67. The quantitative estimate of drug-likeness (QED) is 0.157. The van der Waals surface area contributed by atoms with Crippen LogP contribution in [-0.4, -0.2) is 64.5 Å². The minimum Gasteiger partial charge on any atom is -0.448 e. The van der Waals surface area contributed by atoms with Crippen molar-refractivity contribution in [3.63, 3.8) is 0 Å². The molecular weight excluding hydrogens is 492 g/mol. The van der Waals surface area contributed by atoms with Gasteiger partial charge < -0.3 is 25.6 Å². The third-order valence-electron chi connectivity index (χ3n) is 7.29. The molecule has 0 aromatic heterocycles. The van der Waals surface area contributed by atoms with Crippen LogP contribution in [-0.2, 0) is 22.3 Å². The molecule has 0 bridgehead atoms. The summed E-state index contributed by atoms with van der Waals surface area (Å²) in [7, 11) is 0. The summed E-state index contributed by atoms with van der Waals surface area (Å²) in [5, 5.41) is 18.4. The number of oxime groups is 1. The number of amides is 2. The lowest BCUT2D eigenvalue weighted by molar-refractivity contribution is 0.147. The summed E-state index contributed by atoms with van der Waals surface area (Å²) in [6.07, 6.45) is 2.96. The van der Waals surface area contributed by atoms with Gasteiger partial charge in [-0.2, -0.15) is 0 Å². The molecule has 6 N–H and O–H groups in total. The summed E-state index contributed by atoms with van der Waals surface area (Å²) in [6.45, 7) is 9.36. The third kappa shape index (κ3) is 4.93. The van der Waals surface area contributed by atoms with Crippen molar-refractivity contribution in [2.45, 2.75) is 37.8 Å². The molecule has 2 aliphatic carbocycles. The maximum Gasteiger partial charge on any atom is 0.410 e. The summed E-state index contributed by atoms with van der Waals surface area (Å²) in [5.41, 5.74) is 11.5. The second-order valence-corrected chi connectivity index (χ2v) is 9.04. The Hall–Kier alpha value is -4.34. The van der Waals surface area contributed by atoms with Crippen LogP contribution in [0.2, 0.25) is 0 Å². The van der Waals surface area contributed by atoms with Gasteiger partial charge in [-0.25, -0.2) is 20.3 Å². The highest BCUT2D eigenvalue weighted by Gasteiger charge is 2.37. The van der Waals surface area contributed by atoms with E-state index in [0.29, 0.717) is 26.3 Å². The van der Waals surface area contributed by atoms with Crippen molar-refractivity contribution in [2.75, 3.05) is 26.3 Å². The number of amidine groups is 1. The molecule has 0 radical (unpaired) electrons. The van der Waals surface area contributed by atoms with Gasteiger partial charge in [0.05, 0.1) is 31.7 Å². The first-order chi connectivity index (χ1) is 18.5. The van der Waals surface area contributed by atoms with Crippen LogP contribution in [0.25, 0.3) is 4.85 Å². The Kier molecular flexibility index (Phi) is 8.30. The maximum atomic E-state index is 11.7. The van der Waals surface area contributed by atoms with Crippen LogP contribution >= 0.6 is 0 Å². The molecule has 2 heterocycles. The molecule has 12 nitrogen and oxygen atoms in total. The normalized spacial score (nSPS) is 21.3. The second-order valence-electron chi connectivity index (χ2n) is 9.04. The van der Waals surface area contributed by atoms with E-state index < -0.39 is 0 Å². The van der Waals surface area contributed by atoms with Crippen LogP contribution < -0.4 is 11.6 Å². The van der Waals surface area contributed by atoms with Gasteiger partial charge in [-0.05, 0) is 47.9 Å². The SMILES string of the molecule is NC(=NO)c1cccc2c1CC[C@@H]2N1CCOC1=O.NO.[C-]#[N+]c1cccc2c1CC[C@@H]2N1CCOC1=O. The van der Waals surface area contributed by atoms with Crippen molar-refractivity contribution in [3.8, 4) is 0 Å². The van der Waals surface area contributed by atoms with Gasteiger partial charge in [0.15, 0.2) is 11.5 Å². The Bertz CT molecular complexity index is 1280. The fourth-order valence-corrected chi connectivity index (χ4v) is 5.67. The average molecular weight is 523 g/mol. The first-order valence-corrected chi connectivity index (χ1v) is 12.2. The number of fused-ring (bicyclic) bond motifs is 2. The smallest absolute Gasteiger partial charge is 0.410 e. The van der Waals surface area contributed by atoms with E-state index in [2.05, 4.69) is 15.9 Å². The summed E-state index contributed by atoms with van der Waals surface area (Å²) < 4.78 is 9.97. The molecule has 2 atom stereocenters. The summed E-state index contributed by atoms with van der Waals surface area (Å²) in [4.78, 5) is 30.3. The molecule has 2 amide bonds. The minimum atomic E-state index is -0.257. The molecule has 2 saturated heterocycles. The summed E-state index contributed by atoms with van der Waals surface area (Å²) >= 11 is 0. The predicted octanol–water partition coefficient (Wildman–Crippen LogP) is 3.23. The molecule has 200 valence electrons. The van der Waals surface area contributed by atoms with Crippen molar-refractivity contribution in [1.82, 2.24) is 9.80 Å². The number of nitrogens with zero attached hydrogens (tertiary/aromatic N) is 4. The Balaban J connectivity index is 0.000000167. The van der Waals surface area contributed by atoms with Crippen LogP contribution in [0, 0.1) is 6.57 Å². The fraction of sp³-hybridized carbons (Fsp3) is 0.385. The van der Waals surface area contributed by atoms with Gasteiger partial charge in [0.25, 0.3) is 0 Å². The average Bonchev–Trinajstić information content (AvgIpc) is 3.75. The van der Waals surface area contributed by atoms with E-state index in [9.17, 15) is 9.59 Å². The van der Waals surface area contributed by atoms with Crippen LogP contribution in [0.3, 0.4) is 0 Å². The highest BCUT2D eigenvalue weighted by Crippen LogP contribution is 2.41. The van der Waals surface area contributed by atoms with E-state index in [1.54, 1.807) is 9.80 Å². The zero-order valence-corrected chi connectivity index (χ0v) is 20.7. The van der Waals surface area contributed by atoms with Crippen LogP contribution in [0.1, 0.15) is 52.7 Å². The second kappa shape index (κ2) is 11.8. The summed E-state index contributed by atoms with van der Waals surface area (Å²) in [5.74, 6) is 3.61. The first-order valence-electron chi connectivity index (χ1n) is 12.2. The number of benzene rings is 2. The van der Waals surface area contributed by atoms with E-state index in [0.717, 1.165) is 59.2 Å². The van der Waals surface area contributed by atoms with Crippen molar-refractivity contribution >= 4 is 23.7 Å². The molecule has 38 heavy (non-hydrogen) atoms. The van der Waals surface area contributed by atoms with E-state index in [-0.39, 0.29) is 30.1 Å². The number of cyclic esters (lactones) is 2. The van der Waals surface area contributed by atoms with Crippen molar-refractivity contribution in [2.24, 2.45) is 16.8 Å². The van der Waals surface area contributed by atoms with Gasteiger partial charge in [-0.15, -0.1) is 0 Å². The number of hydrogen-bond donors (Lipinski definition) is 4. The number of nitrogens with two attached hydrogens (primary N) is 2. The molecule has 4 aliphatic rings. The Morgan fingerprint density at radius 3 is 1.95 bits per heavy atom. The molecule has 2 aromatic rings. The zero-order valence-electron chi connectivity index (χ0n) is 20.7. The van der Waals surface area contributed by atoms with Gasteiger partial charge in [0.2, 0.25) is 0 Å². The molecule has 12 heteroatoms. The van der Waals surface area contributed by atoms with Crippen molar-refractivity contribution in [1.29, 1.82) is 0 Å². The molecule has 0 spiro atoms. The van der Waals surface area contributed by atoms with Gasteiger partial charge in [-0.1, -0.05) is 41.6 Å². The molecular formula is C26H30N6O6. The van der Waals surface area contributed by atoms with Gasteiger partial charge in [-0.3, -0.25) is 9.80 Å². The molecule has 0 saturated carbocycles. The molecule has 2 aliphatic heterocycles. The van der Waals surface area contributed by atoms with E-state index in [1.165, 1.54) is 0 Å². The Morgan fingerprint density at radius 1 is 0.921 bits per heavy atom. The van der Waals surface area contributed by atoms with Gasteiger partial charge >= 0.3 is 12.2 Å². The molecule has 2 fully saturated rings. The molecule has 6 rings (SSSR count). The zero-order chi connectivity index (χ0) is 27.2. The lowest BCUT2D eigenvalue weighted by atomic mass is 10.0. The lowest BCUT2D eigenvalue weighted by Gasteiger charge is -2.22.